The number of aryl methyl sites for hydroxylation is 1. The standard InChI is InChI=1S/C26H27NO7/c1-6-33-26(31)20-14(4)27-17-10-13(3)19(25(30)32-5)24(29)22(17)21(20)16-11-34-18-8-7-12(2)9-15(18)23(16)28/h7-9,11,13,19,21,27H,6,10H2,1-5H3/t13-,19-,21+/m0/s1. The third kappa shape index (κ3) is 3.73. The molecule has 34 heavy (non-hydrogen) atoms. The fraction of sp³-hybridized carbons (Fsp3) is 0.385. The van der Waals surface area contributed by atoms with E-state index in [1.165, 1.54) is 13.4 Å². The normalized spacial score (nSPS) is 22.4. The van der Waals surface area contributed by atoms with E-state index in [0.29, 0.717) is 28.8 Å². The van der Waals surface area contributed by atoms with Crippen molar-refractivity contribution >= 4 is 28.7 Å². The summed E-state index contributed by atoms with van der Waals surface area (Å²) in [6, 6.07) is 5.25. The minimum absolute atomic E-state index is 0.121. The van der Waals surface area contributed by atoms with Gasteiger partial charge in [0.05, 0.1) is 36.9 Å². The molecular weight excluding hydrogens is 438 g/mol. The third-order valence-electron chi connectivity index (χ3n) is 6.50. The van der Waals surface area contributed by atoms with Crippen LogP contribution >= 0.6 is 0 Å². The highest BCUT2D eigenvalue weighted by molar-refractivity contribution is 6.12. The Hall–Kier alpha value is -3.68. The molecule has 1 N–H and O–H groups in total. The maximum atomic E-state index is 13.7. The molecule has 4 rings (SSSR count). The van der Waals surface area contributed by atoms with Crippen LogP contribution < -0.4 is 10.7 Å². The van der Waals surface area contributed by atoms with Crippen molar-refractivity contribution < 1.29 is 28.3 Å². The lowest BCUT2D eigenvalue weighted by atomic mass is 9.69. The predicted octanol–water partition coefficient (Wildman–Crippen LogP) is 3.28. The molecule has 2 aromatic rings. The fourth-order valence-corrected chi connectivity index (χ4v) is 4.93. The largest absolute Gasteiger partial charge is 0.468 e. The lowest BCUT2D eigenvalue weighted by molar-refractivity contribution is -0.151. The van der Waals surface area contributed by atoms with Gasteiger partial charge in [0.2, 0.25) is 0 Å². The van der Waals surface area contributed by atoms with E-state index in [1.54, 1.807) is 32.9 Å². The number of esters is 2. The number of hydrogen-bond donors (Lipinski definition) is 1. The van der Waals surface area contributed by atoms with Gasteiger partial charge in [0.1, 0.15) is 11.5 Å². The molecule has 0 saturated carbocycles. The predicted molar refractivity (Wildman–Crippen MR) is 124 cm³/mol. The number of hydrogen-bond acceptors (Lipinski definition) is 8. The Morgan fingerprint density at radius 3 is 2.62 bits per heavy atom. The van der Waals surface area contributed by atoms with Crippen molar-refractivity contribution in [2.24, 2.45) is 11.8 Å². The van der Waals surface area contributed by atoms with Crippen molar-refractivity contribution in [3.8, 4) is 0 Å². The van der Waals surface area contributed by atoms with Gasteiger partial charge >= 0.3 is 11.9 Å². The van der Waals surface area contributed by atoms with Gasteiger partial charge in [-0.05, 0) is 45.2 Å². The average Bonchev–Trinajstić information content (AvgIpc) is 2.78. The number of nitrogens with one attached hydrogen (secondary N) is 1. The number of carbonyl (C=O) groups excluding carboxylic acids is 3. The van der Waals surface area contributed by atoms with Crippen LogP contribution in [0.1, 0.15) is 44.2 Å². The molecule has 3 atom stereocenters. The second-order valence-corrected chi connectivity index (χ2v) is 8.78. The molecule has 1 aromatic heterocycles. The first-order valence-electron chi connectivity index (χ1n) is 11.2. The van der Waals surface area contributed by atoms with E-state index in [0.717, 1.165) is 5.56 Å². The van der Waals surface area contributed by atoms with Gasteiger partial charge in [-0.15, -0.1) is 0 Å². The van der Waals surface area contributed by atoms with Gasteiger partial charge in [0.15, 0.2) is 11.2 Å². The molecule has 2 heterocycles. The Morgan fingerprint density at radius 2 is 1.94 bits per heavy atom. The van der Waals surface area contributed by atoms with Crippen LogP contribution in [0.4, 0.5) is 0 Å². The molecule has 0 spiro atoms. The van der Waals surface area contributed by atoms with Crippen molar-refractivity contribution in [2.75, 3.05) is 13.7 Å². The van der Waals surface area contributed by atoms with Crippen molar-refractivity contribution in [1.29, 1.82) is 0 Å². The molecule has 178 valence electrons. The molecule has 0 bridgehead atoms. The molecular formula is C26H27NO7. The molecule has 1 aromatic carbocycles. The first kappa shape index (κ1) is 23.5. The molecule has 0 fully saturated rings. The van der Waals surface area contributed by atoms with Gasteiger partial charge in [-0.2, -0.15) is 0 Å². The van der Waals surface area contributed by atoms with E-state index < -0.39 is 29.6 Å². The molecule has 8 nitrogen and oxygen atoms in total. The van der Waals surface area contributed by atoms with Crippen LogP contribution in [0, 0.1) is 18.8 Å². The number of methoxy groups -OCH3 is 1. The Bertz CT molecular complexity index is 1330. The summed E-state index contributed by atoms with van der Waals surface area (Å²) in [6.07, 6.45) is 1.67. The number of carbonyl (C=O) groups is 3. The van der Waals surface area contributed by atoms with Crippen molar-refractivity contribution in [1.82, 2.24) is 5.32 Å². The van der Waals surface area contributed by atoms with Gasteiger partial charge in [-0.1, -0.05) is 18.6 Å². The summed E-state index contributed by atoms with van der Waals surface area (Å²) in [6.45, 7) is 7.16. The Kier molecular flexibility index (Phi) is 6.17. The molecule has 1 aliphatic heterocycles. The highest BCUT2D eigenvalue weighted by Crippen LogP contribution is 2.45. The summed E-state index contributed by atoms with van der Waals surface area (Å²) in [5.74, 6) is -4.16. The Morgan fingerprint density at radius 1 is 1.21 bits per heavy atom. The van der Waals surface area contributed by atoms with E-state index >= 15 is 0 Å². The van der Waals surface area contributed by atoms with Crippen molar-refractivity contribution in [3.05, 3.63) is 68.4 Å². The Labute approximate surface area is 196 Å². The highest BCUT2D eigenvalue weighted by Gasteiger charge is 2.48. The molecule has 1 aliphatic carbocycles. The highest BCUT2D eigenvalue weighted by atomic mass is 16.5. The first-order valence-corrected chi connectivity index (χ1v) is 11.2. The zero-order chi connectivity index (χ0) is 24.7. The molecule has 2 aliphatic rings. The number of benzene rings is 1. The average molecular weight is 466 g/mol. The number of ketones is 1. The zero-order valence-electron chi connectivity index (χ0n) is 19.8. The van der Waals surface area contributed by atoms with Crippen LogP contribution in [0.5, 0.6) is 0 Å². The molecule has 0 saturated heterocycles. The number of Topliss-reactive ketones (excluding diaryl/α,β-unsaturated/α-hetero) is 1. The van der Waals surface area contributed by atoms with Crippen LogP contribution in [-0.2, 0) is 23.9 Å². The summed E-state index contributed by atoms with van der Waals surface area (Å²) in [7, 11) is 1.23. The van der Waals surface area contributed by atoms with E-state index in [1.807, 2.05) is 13.0 Å². The van der Waals surface area contributed by atoms with Crippen molar-refractivity contribution in [2.45, 2.75) is 40.0 Å². The van der Waals surface area contributed by atoms with Crippen LogP contribution in [0.3, 0.4) is 0 Å². The van der Waals surface area contributed by atoms with E-state index in [4.69, 9.17) is 13.9 Å². The molecule has 0 unspecified atom stereocenters. The first-order chi connectivity index (χ1) is 16.2. The van der Waals surface area contributed by atoms with Gasteiger partial charge in [-0.25, -0.2) is 4.79 Å². The number of ether oxygens (including phenoxy) is 2. The Balaban J connectivity index is 1.99. The van der Waals surface area contributed by atoms with Gasteiger partial charge in [0, 0.05) is 22.5 Å². The van der Waals surface area contributed by atoms with Gasteiger partial charge in [-0.3, -0.25) is 14.4 Å². The molecule has 0 amide bonds. The quantitative estimate of drug-likeness (QED) is 0.541. The lowest BCUT2D eigenvalue weighted by Gasteiger charge is -2.37. The van der Waals surface area contributed by atoms with Crippen LogP contribution in [0.2, 0.25) is 0 Å². The minimum atomic E-state index is -1.04. The summed E-state index contributed by atoms with van der Waals surface area (Å²) in [4.78, 5) is 52.9. The van der Waals surface area contributed by atoms with Gasteiger partial charge in [0.25, 0.3) is 0 Å². The smallest absolute Gasteiger partial charge is 0.336 e. The number of fused-ring (bicyclic) bond motifs is 1. The molecule has 0 radical (unpaired) electrons. The van der Waals surface area contributed by atoms with Crippen LogP contribution in [-0.4, -0.2) is 31.4 Å². The van der Waals surface area contributed by atoms with E-state index in [9.17, 15) is 19.2 Å². The second kappa shape index (κ2) is 8.93. The lowest BCUT2D eigenvalue weighted by Crippen LogP contribution is -2.44. The second-order valence-electron chi connectivity index (χ2n) is 8.78. The zero-order valence-corrected chi connectivity index (χ0v) is 19.8. The van der Waals surface area contributed by atoms with Gasteiger partial charge < -0.3 is 19.2 Å². The SMILES string of the molecule is CCOC(=O)C1=C(C)NC2=C(C(=O)[C@@H](C(=O)OC)[C@@H](C)C2)[C@@H]1c1coc2ccc(C)cc2c1=O. The summed E-state index contributed by atoms with van der Waals surface area (Å²) < 4.78 is 15.9. The number of dihydropyridines is 1. The number of allylic oxidation sites excluding steroid dienone is 3. The number of rotatable bonds is 4. The fourth-order valence-electron chi connectivity index (χ4n) is 4.93. The van der Waals surface area contributed by atoms with Crippen LogP contribution in [0.25, 0.3) is 11.0 Å². The maximum absolute atomic E-state index is 13.7. The van der Waals surface area contributed by atoms with E-state index in [-0.39, 0.29) is 34.7 Å². The van der Waals surface area contributed by atoms with Crippen molar-refractivity contribution in [3.63, 3.8) is 0 Å². The monoisotopic (exact) mass is 465 g/mol. The third-order valence-corrected chi connectivity index (χ3v) is 6.50. The maximum Gasteiger partial charge on any atom is 0.336 e. The summed E-state index contributed by atoms with van der Waals surface area (Å²) in [5, 5.41) is 3.51. The topological polar surface area (TPSA) is 112 Å². The minimum Gasteiger partial charge on any atom is -0.468 e. The summed E-state index contributed by atoms with van der Waals surface area (Å²) >= 11 is 0. The summed E-state index contributed by atoms with van der Waals surface area (Å²) in [5.41, 5.74) is 2.47. The van der Waals surface area contributed by atoms with Crippen LogP contribution in [0.15, 0.2) is 56.2 Å². The van der Waals surface area contributed by atoms with E-state index in [2.05, 4.69) is 5.32 Å². The molecule has 8 heteroatoms.